The van der Waals surface area contributed by atoms with Crippen LogP contribution in [0.4, 0.5) is 0 Å². The fourth-order valence-corrected chi connectivity index (χ4v) is 2.49. The van der Waals surface area contributed by atoms with Crippen LogP contribution >= 0.6 is 11.6 Å². The molecule has 1 N–H and O–H groups in total. The number of nitrogens with one attached hydrogen (secondary N) is 1. The Balaban J connectivity index is 1.77. The van der Waals surface area contributed by atoms with Crippen molar-refractivity contribution < 1.29 is 0 Å². The van der Waals surface area contributed by atoms with Crippen molar-refractivity contribution in [1.82, 2.24) is 5.32 Å². The predicted molar refractivity (Wildman–Crippen MR) is 52.7 cm³/mol. The largest absolute Gasteiger partial charge is 0.307 e. The minimum absolute atomic E-state index is 0.365. The first-order valence-corrected chi connectivity index (χ1v) is 5.72. The molecule has 2 rings (SSSR count). The Hall–Kier alpha value is 0.250. The third-order valence-corrected chi connectivity index (χ3v) is 3.74. The highest BCUT2D eigenvalue weighted by Crippen LogP contribution is 2.38. The number of hydrogen-bond donors (Lipinski definition) is 1. The van der Waals surface area contributed by atoms with Crippen molar-refractivity contribution in [3.05, 3.63) is 0 Å². The summed E-state index contributed by atoms with van der Waals surface area (Å²) in [5.74, 6) is 0.809. The molecule has 0 atom stereocenters. The molecule has 0 amide bonds. The third kappa shape index (κ3) is 1.94. The standard InChI is InChI=1S/C10H18ClN/c11-8-10(6-7-10)12-9-4-2-1-3-5-9/h9,12H,1-8H2. The van der Waals surface area contributed by atoms with Crippen LogP contribution in [-0.4, -0.2) is 17.5 Å². The Labute approximate surface area is 79.9 Å². The first-order valence-electron chi connectivity index (χ1n) is 5.18. The molecule has 70 valence electrons. The van der Waals surface area contributed by atoms with Crippen LogP contribution in [0.3, 0.4) is 0 Å². The molecule has 0 heterocycles. The van der Waals surface area contributed by atoms with Gasteiger partial charge in [0, 0.05) is 17.5 Å². The molecule has 2 saturated carbocycles. The second kappa shape index (κ2) is 3.55. The van der Waals surface area contributed by atoms with Crippen molar-refractivity contribution in [2.24, 2.45) is 0 Å². The van der Waals surface area contributed by atoms with Crippen LogP contribution in [0.15, 0.2) is 0 Å². The lowest BCUT2D eigenvalue weighted by atomic mass is 9.95. The van der Waals surface area contributed by atoms with Crippen molar-refractivity contribution in [1.29, 1.82) is 0 Å². The highest BCUT2D eigenvalue weighted by atomic mass is 35.5. The molecular formula is C10H18ClN. The van der Waals surface area contributed by atoms with Crippen LogP contribution in [-0.2, 0) is 0 Å². The molecule has 2 aliphatic carbocycles. The normalized spacial score (nSPS) is 28.8. The molecule has 0 saturated heterocycles. The maximum Gasteiger partial charge on any atom is 0.0406 e. The second-order valence-electron chi connectivity index (χ2n) is 4.39. The van der Waals surface area contributed by atoms with Crippen molar-refractivity contribution in [2.45, 2.75) is 56.5 Å². The first-order chi connectivity index (χ1) is 5.85. The van der Waals surface area contributed by atoms with Crippen LogP contribution in [0.2, 0.25) is 0 Å². The van der Waals surface area contributed by atoms with Gasteiger partial charge in [-0.25, -0.2) is 0 Å². The Kier molecular flexibility index (Phi) is 2.61. The number of rotatable bonds is 3. The van der Waals surface area contributed by atoms with Gasteiger partial charge in [0.2, 0.25) is 0 Å². The van der Waals surface area contributed by atoms with Gasteiger partial charge in [-0.15, -0.1) is 11.6 Å². The Morgan fingerprint density at radius 3 is 2.33 bits per heavy atom. The lowest BCUT2D eigenvalue weighted by molar-refractivity contribution is 0.337. The van der Waals surface area contributed by atoms with E-state index in [1.165, 1.54) is 44.9 Å². The monoisotopic (exact) mass is 187 g/mol. The molecule has 12 heavy (non-hydrogen) atoms. The molecule has 0 aromatic heterocycles. The van der Waals surface area contributed by atoms with Crippen molar-refractivity contribution in [2.75, 3.05) is 5.88 Å². The van der Waals surface area contributed by atoms with Crippen LogP contribution in [0.1, 0.15) is 44.9 Å². The zero-order chi connectivity index (χ0) is 8.44. The van der Waals surface area contributed by atoms with Crippen LogP contribution < -0.4 is 5.32 Å². The number of hydrogen-bond acceptors (Lipinski definition) is 1. The van der Waals surface area contributed by atoms with Gasteiger partial charge in [-0.3, -0.25) is 0 Å². The molecule has 2 heteroatoms. The van der Waals surface area contributed by atoms with E-state index in [1.54, 1.807) is 0 Å². The lowest BCUT2D eigenvalue weighted by Crippen LogP contribution is -2.42. The molecule has 0 spiro atoms. The van der Waals surface area contributed by atoms with Gasteiger partial charge in [0.25, 0.3) is 0 Å². The minimum atomic E-state index is 0.365. The summed E-state index contributed by atoms with van der Waals surface area (Å²) >= 11 is 5.91. The molecule has 0 aromatic carbocycles. The Morgan fingerprint density at radius 1 is 1.17 bits per heavy atom. The van der Waals surface area contributed by atoms with E-state index in [4.69, 9.17) is 11.6 Å². The maximum absolute atomic E-state index is 5.91. The van der Waals surface area contributed by atoms with Crippen LogP contribution in [0.25, 0.3) is 0 Å². The Bertz CT molecular complexity index is 148. The molecule has 2 aliphatic rings. The van der Waals surface area contributed by atoms with Crippen LogP contribution in [0.5, 0.6) is 0 Å². The maximum atomic E-state index is 5.91. The van der Waals surface area contributed by atoms with Crippen LogP contribution in [0, 0.1) is 0 Å². The summed E-state index contributed by atoms with van der Waals surface area (Å²) in [6.45, 7) is 0. The first kappa shape index (κ1) is 8.83. The van der Waals surface area contributed by atoms with Gasteiger partial charge in [0.15, 0.2) is 0 Å². The van der Waals surface area contributed by atoms with Gasteiger partial charge >= 0.3 is 0 Å². The van der Waals surface area contributed by atoms with Gasteiger partial charge in [0.05, 0.1) is 0 Å². The summed E-state index contributed by atoms with van der Waals surface area (Å²) in [4.78, 5) is 0. The molecule has 0 aliphatic heterocycles. The van der Waals surface area contributed by atoms with E-state index in [2.05, 4.69) is 5.32 Å². The fraction of sp³-hybridized carbons (Fsp3) is 1.00. The summed E-state index contributed by atoms with van der Waals surface area (Å²) in [6, 6.07) is 0.778. The van der Waals surface area contributed by atoms with Crippen molar-refractivity contribution in [3.63, 3.8) is 0 Å². The summed E-state index contributed by atoms with van der Waals surface area (Å²) in [6.07, 6.45) is 9.61. The SMILES string of the molecule is ClCC1(NC2CCCCC2)CC1. The van der Waals surface area contributed by atoms with Gasteiger partial charge < -0.3 is 5.32 Å². The highest BCUT2D eigenvalue weighted by molar-refractivity contribution is 6.18. The third-order valence-electron chi connectivity index (χ3n) is 3.22. The smallest absolute Gasteiger partial charge is 0.0406 e. The van der Waals surface area contributed by atoms with Crippen molar-refractivity contribution >= 4 is 11.6 Å². The highest BCUT2D eigenvalue weighted by Gasteiger charge is 2.42. The van der Waals surface area contributed by atoms with E-state index < -0.39 is 0 Å². The van der Waals surface area contributed by atoms with Gasteiger partial charge in [0.1, 0.15) is 0 Å². The second-order valence-corrected chi connectivity index (χ2v) is 4.66. The van der Waals surface area contributed by atoms with Crippen molar-refractivity contribution in [3.8, 4) is 0 Å². The van der Waals surface area contributed by atoms with E-state index in [0.717, 1.165) is 11.9 Å². The Morgan fingerprint density at radius 2 is 1.83 bits per heavy atom. The fourth-order valence-electron chi connectivity index (χ4n) is 2.15. The lowest BCUT2D eigenvalue weighted by Gasteiger charge is -2.27. The summed E-state index contributed by atoms with van der Waals surface area (Å²) in [5.41, 5.74) is 0.365. The zero-order valence-corrected chi connectivity index (χ0v) is 8.37. The molecule has 0 aromatic rings. The number of alkyl halides is 1. The van der Waals surface area contributed by atoms with E-state index in [9.17, 15) is 0 Å². The molecule has 1 nitrogen and oxygen atoms in total. The molecule has 2 fully saturated rings. The summed E-state index contributed by atoms with van der Waals surface area (Å²) in [5, 5.41) is 3.72. The van der Waals surface area contributed by atoms with E-state index >= 15 is 0 Å². The number of halogens is 1. The summed E-state index contributed by atoms with van der Waals surface area (Å²) in [7, 11) is 0. The van der Waals surface area contributed by atoms with E-state index in [1.807, 2.05) is 0 Å². The van der Waals surface area contributed by atoms with E-state index in [-0.39, 0.29) is 0 Å². The molecule has 0 bridgehead atoms. The zero-order valence-electron chi connectivity index (χ0n) is 7.61. The quantitative estimate of drug-likeness (QED) is 0.670. The molecule has 0 radical (unpaired) electrons. The molecular weight excluding hydrogens is 170 g/mol. The van der Waals surface area contributed by atoms with E-state index in [0.29, 0.717) is 5.54 Å². The van der Waals surface area contributed by atoms with Gasteiger partial charge in [-0.1, -0.05) is 19.3 Å². The van der Waals surface area contributed by atoms with Gasteiger partial charge in [-0.05, 0) is 25.7 Å². The predicted octanol–water partition coefficient (Wildman–Crippen LogP) is 2.68. The average molecular weight is 188 g/mol. The minimum Gasteiger partial charge on any atom is -0.307 e. The van der Waals surface area contributed by atoms with Gasteiger partial charge in [-0.2, -0.15) is 0 Å². The topological polar surface area (TPSA) is 12.0 Å². The summed E-state index contributed by atoms with van der Waals surface area (Å²) < 4.78 is 0. The molecule has 0 unspecified atom stereocenters. The average Bonchev–Trinajstić information content (AvgIpc) is 2.88.